The van der Waals surface area contributed by atoms with E-state index >= 15 is 0 Å². The van der Waals surface area contributed by atoms with Gasteiger partial charge in [0.05, 0.1) is 18.2 Å². The molecule has 0 bridgehead atoms. The Balaban J connectivity index is 1.44. The number of anilines is 2. The van der Waals surface area contributed by atoms with Gasteiger partial charge in [0.15, 0.2) is 5.11 Å². The summed E-state index contributed by atoms with van der Waals surface area (Å²) in [7, 11) is 3.85. The summed E-state index contributed by atoms with van der Waals surface area (Å²) in [6.45, 7) is 0.371. The largest absolute Gasteiger partial charge is 0.416 e. The fourth-order valence-electron chi connectivity index (χ4n) is 5.73. The lowest BCUT2D eigenvalue weighted by Crippen LogP contribution is -2.61. The second kappa shape index (κ2) is 13.7. The summed E-state index contributed by atoms with van der Waals surface area (Å²) in [5.74, 6) is 0.676. The van der Waals surface area contributed by atoms with Gasteiger partial charge in [-0.25, -0.2) is 0 Å². The van der Waals surface area contributed by atoms with E-state index in [0.29, 0.717) is 47.3 Å². The number of carbonyl (C=O) groups excluding carboxylic acids is 2. The maximum absolute atomic E-state index is 14.3. The highest BCUT2D eigenvalue weighted by Gasteiger charge is 2.48. The molecule has 238 valence electrons. The third-order valence-electron chi connectivity index (χ3n) is 8.34. The summed E-state index contributed by atoms with van der Waals surface area (Å²) in [5.41, 5.74) is 1.13. The molecule has 3 aromatic rings. The third kappa shape index (κ3) is 7.55. The molecule has 5 rings (SSSR count). The minimum absolute atomic E-state index is 0.0230. The molecule has 0 unspecified atom stereocenters. The van der Waals surface area contributed by atoms with E-state index in [1.165, 1.54) is 12.1 Å². The Morgan fingerprint density at radius 3 is 2.24 bits per heavy atom. The highest BCUT2D eigenvalue weighted by Crippen LogP contribution is 2.37. The summed E-state index contributed by atoms with van der Waals surface area (Å²) >= 11 is 7.31. The summed E-state index contributed by atoms with van der Waals surface area (Å²) in [5, 5.41) is 6.76. The lowest BCUT2D eigenvalue weighted by Gasteiger charge is -2.45. The van der Waals surface area contributed by atoms with Crippen LogP contribution in [0.5, 0.6) is 0 Å². The first-order chi connectivity index (χ1) is 21.5. The molecule has 2 heterocycles. The van der Waals surface area contributed by atoms with Crippen LogP contribution in [0.4, 0.5) is 24.5 Å². The minimum Gasteiger partial charge on any atom is -0.378 e. The van der Waals surface area contributed by atoms with Gasteiger partial charge in [-0.05, 0) is 84.1 Å². The van der Waals surface area contributed by atoms with Crippen LogP contribution < -0.4 is 15.5 Å². The number of thiocarbonyl (C=S) groups is 1. The van der Waals surface area contributed by atoms with Crippen LogP contribution in [0.15, 0.2) is 78.9 Å². The van der Waals surface area contributed by atoms with Crippen molar-refractivity contribution in [1.82, 2.24) is 15.1 Å². The number of amides is 2. The normalized spacial score (nSPS) is 17.8. The van der Waals surface area contributed by atoms with Gasteiger partial charge in [-0.15, -0.1) is 0 Å². The molecule has 2 amide bonds. The summed E-state index contributed by atoms with van der Waals surface area (Å²) < 4.78 is 39.9. The predicted octanol–water partition coefficient (Wildman–Crippen LogP) is 5.94. The molecule has 12 heteroatoms. The quantitative estimate of drug-likeness (QED) is 0.277. The number of benzene rings is 3. The number of nitrogens with one attached hydrogen (secondary N) is 2. The van der Waals surface area contributed by atoms with E-state index in [-0.39, 0.29) is 30.9 Å². The zero-order valence-electron chi connectivity index (χ0n) is 25.1. The smallest absolute Gasteiger partial charge is 0.378 e. The molecule has 45 heavy (non-hydrogen) atoms. The van der Waals surface area contributed by atoms with Crippen LogP contribution in [0.3, 0.4) is 0 Å². The van der Waals surface area contributed by atoms with E-state index < -0.39 is 17.3 Å². The standard InChI is InChI=1S/C33H36F3N5O2S2/c1-39(2)27-14-12-26(13-15-27)37-30(43)32(16-18-45-19-17-32)41(20-23-8-10-25(11-9-23)33(34,35)36)29(42)22-40-21-28(38-31(40)44)24-6-4-3-5-7-24/h3-15,28H,16-22H2,1-2H3,(H,37,43)(H,38,44)/t28-/m1/s1. The average Bonchev–Trinajstić information content (AvgIpc) is 3.40. The Hall–Kier alpha value is -3.77. The number of alkyl halides is 3. The zero-order valence-corrected chi connectivity index (χ0v) is 26.8. The van der Waals surface area contributed by atoms with Crippen LogP contribution in [0.25, 0.3) is 0 Å². The van der Waals surface area contributed by atoms with Gasteiger partial charge in [-0.2, -0.15) is 24.9 Å². The first kappa shape index (κ1) is 32.6. The molecule has 7 nitrogen and oxygen atoms in total. The number of halogens is 3. The van der Waals surface area contributed by atoms with Crippen molar-refractivity contribution in [3.05, 3.63) is 95.6 Å². The average molecular weight is 656 g/mol. The van der Waals surface area contributed by atoms with Crippen LogP contribution in [0.1, 0.15) is 35.6 Å². The van der Waals surface area contributed by atoms with E-state index in [0.717, 1.165) is 23.4 Å². The summed E-state index contributed by atoms with van der Waals surface area (Å²) in [6, 6.07) is 21.9. The molecule has 3 aromatic carbocycles. The first-order valence-electron chi connectivity index (χ1n) is 14.7. The molecule has 2 aliphatic rings. The third-order valence-corrected chi connectivity index (χ3v) is 9.70. The van der Waals surface area contributed by atoms with E-state index in [4.69, 9.17) is 12.2 Å². The van der Waals surface area contributed by atoms with Crippen LogP contribution in [-0.2, 0) is 22.3 Å². The minimum atomic E-state index is -4.48. The fraction of sp³-hybridized carbons (Fsp3) is 0.364. The monoisotopic (exact) mass is 655 g/mol. The van der Waals surface area contributed by atoms with E-state index in [1.54, 1.807) is 21.6 Å². The Labute approximate surface area is 271 Å². The molecule has 0 saturated carbocycles. The number of nitrogens with zero attached hydrogens (tertiary/aromatic N) is 3. The van der Waals surface area contributed by atoms with Gasteiger partial charge in [0.2, 0.25) is 11.8 Å². The van der Waals surface area contributed by atoms with Crippen molar-refractivity contribution in [2.75, 3.05) is 48.9 Å². The highest BCUT2D eigenvalue weighted by molar-refractivity contribution is 7.99. The van der Waals surface area contributed by atoms with Crippen LogP contribution in [0, 0.1) is 0 Å². The Kier molecular flexibility index (Phi) is 9.93. The molecule has 0 spiro atoms. The van der Waals surface area contributed by atoms with Gasteiger partial charge < -0.3 is 25.3 Å². The molecule has 2 saturated heterocycles. The van der Waals surface area contributed by atoms with Crippen LogP contribution in [0.2, 0.25) is 0 Å². The molecule has 2 N–H and O–H groups in total. The van der Waals surface area contributed by atoms with Gasteiger partial charge in [0.1, 0.15) is 5.54 Å². The first-order valence-corrected chi connectivity index (χ1v) is 16.3. The Morgan fingerprint density at radius 2 is 1.64 bits per heavy atom. The summed E-state index contributed by atoms with van der Waals surface area (Å²) in [6.07, 6.45) is -3.67. The summed E-state index contributed by atoms with van der Waals surface area (Å²) in [4.78, 5) is 33.9. The fourth-order valence-corrected chi connectivity index (χ4v) is 7.18. The van der Waals surface area contributed by atoms with Gasteiger partial charge in [-0.1, -0.05) is 42.5 Å². The van der Waals surface area contributed by atoms with Crippen molar-refractivity contribution in [3.8, 4) is 0 Å². The second-order valence-corrected chi connectivity index (χ2v) is 13.1. The second-order valence-electron chi connectivity index (χ2n) is 11.5. The Morgan fingerprint density at radius 1 is 1.00 bits per heavy atom. The number of carbonyl (C=O) groups is 2. The Bertz CT molecular complexity index is 1500. The number of hydrogen-bond donors (Lipinski definition) is 2. The SMILES string of the molecule is CN(C)c1ccc(NC(=O)C2(N(Cc3ccc(C(F)(F)F)cc3)C(=O)CN3C[C@H](c4ccccc4)NC3=S)CCSCC2)cc1. The highest BCUT2D eigenvalue weighted by atomic mass is 32.2. The lowest BCUT2D eigenvalue weighted by atomic mass is 9.87. The van der Waals surface area contributed by atoms with E-state index in [1.807, 2.05) is 73.6 Å². The zero-order chi connectivity index (χ0) is 32.2. The van der Waals surface area contributed by atoms with Crippen molar-refractivity contribution in [1.29, 1.82) is 0 Å². The van der Waals surface area contributed by atoms with E-state index in [9.17, 15) is 22.8 Å². The van der Waals surface area contributed by atoms with Crippen molar-refractivity contribution in [2.24, 2.45) is 0 Å². The van der Waals surface area contributed by atoms with Crippen LogP contribution >= 0.6 is 24.0 Å². The van der Waals surface area contributed by atoms with E-state index in [2.05, 4.69) is 10.6 Å². The molecule has 1 atom stereocenters. The van der Waals surface area contributed by atoms with Gasteiger partial charge >= 0.3 is 6.18 Å². The molecule has 2 fully saturated rings. The molecule has 2 aliphatic heterocycles. The molecule has 0 aromatic heterocycles. The maximum Gasteiger partial charge on any atom is 0.416 e. The maximum atomic E-state index is 14.3. The molecule has 0 radical (unpaired) electrons. The number of thioether (sulfide) groups is 1. The molecular weight excluding hydrogens is 620 g/mol. The lowest BCUT2D eigenvalue weighted by molar-refractivity contribution is -0.147. The van der Waals surface area contributed by atoms with Gasteiger partial charge in [0.25, 0.3) is 0 Å². The van der Waals surface area contributed by atoms with Crippen molar-refractivity contribution >= 4 is 52.3 Å². The van der Waals surface area contributed by atoms with Crippen molar-refractivity contribution in [3.63, 3.8) is 0 Å². The van der Waals surface area contributed by atoms with Gasteiger partial charge in [0, 0.05) is 38.6 Å². The number of hydrogen-bond acceptors (Lipinski definition) is 5. The predicted molar refractivity (Wildman–Crippen MR) is 177 cm³/mol. The molecule has 0 aliphatic carbocycles. The molecular formula is C33H36F3N5O2S2. The van der Waals surface area contributed by atoms with Crippen molar-refractivity contribution < 1.29 is 22.8 Å². The number of rotatable bonds is 9. The van der Waals surface area contributed by atoms with Crippen LogP contribution in [-0.4, -0.2) is 71.0 Å². The topological polar surface area (TPSA) is 67.9 Å². The van der Waals surface area contributed by atoms with Gasteiger partial charge in [-0.3, -0.25) is 9.59 Å². The van der Waals surface area contributed by atoms with Crippen molar-refractivity contribution in [2.45, 2.75) is 37.1 Å².